The molecule has 4 heteroatoms. The number of hydrogen-bond acceptors (Lipinski definition) is 3. The summed E-state index contributed by atoms with van der Waals surface area (Å²) in [6.07, 6.45) is -0.0921. The van der Waals surface area contributed by atoms with E-state index in [1.807, 2.05) is 37.3 Å². The second kappa shape index (κ2) is 6.14. The van der Waals surface area contributed by atoms with Crippen LogP contribution in [-0.2, 0) is 4.74 Å². The highest BCUT2D eigenvalue weighted by molar-refractivity contribution is 7.18. The molecule has 2 rings (SSSR count). The molecule has 0 bridgehead atoms. The second-order valence-corrected chi connectivity index (χ2v) is 5.61. The molecule has 0 saturated carbocycles. The number of hydrogen-bond donors (Lipinski definition) is 0. The zero-order valence-electron chi connectivity index (χ0n) is 9.93. The van der Waals surface area contributed by atoms with Crippen molar-refractivity contribution >= 4 is 28.7 Å². The minimum absolute atomic E-state index is 0.0327. The molecular formula is C14H13ClO2S. The lowest BCUT2D eigenvalue weighted by molar-refractivity contribution is 0.0524. The molecule has 1 aromatic heterocycles. The third-order valence-electron chi connectivity index (χ3n) is 2.58. The molecule has 0 aliphatic carbocycles. The summed E-state index contributed by atoms with van der Waals surface area (Å²) in [5.74, 6) is -0.0327. The molecule has 18 heavy (non-hydrogen) atoms. The first-order chi connectivity index (χ1) is 8.66. The molecule has 94 valence electrons. The minimum atomic E-state index is -0.0921. The predicted octanol–water partition coefficient (Wildman–Crippen LogP) is 4.36. The van der Waals surface area contributed by atoms with Crippen molar-refractivity contribution in [1.29, 1.82) is 0 Å². The largest absolute Gasteiger partial charge is 0.366 e. The molecule has 1 aromatic carbocycles. The van der Waals surface area contributed by atoms with Crippen molar-refractivity contribution in [2.45, 2.75) is 13.0 Å². The Kier molecular flexibility index (Phi) is 4.53. The van der Waals surface area contributed by atoms with Crippen LogP contribution in [0.3, 0.4) is 0 Å². The summed E-state index contributed by atoms with van der Waals surface area (Å²) in [7, 11) is 0. The van der Waals surface area contributed by atoms with Crippen molar-refractivity contribution in [3.8, 4) is 0 Å². The van der Waals surface area contributed by atoms with E-state index in [1.54, 1.807) is 12.1 Å². The molecule has 0 saturated heterocycles. The zero-order chi connectivity index (χ0) is 13.0. The van der Waals surface area contributed by atoms with Crippen molar-refractivity contribution in [2.24, 2.45) is 0 Å². The van der Waals surface area contributed by atoms with E-state index in [1.165, 1.54) is 11.3 Å². The van der Waals surface area contributed by atoms with Gasteiger partial charge in [-0.2, -0.15) is 0 Å². The van der Waals surface area contributed by atoms with Gasteiger partial charge in [0.05, 0.1) is 15.3 Å². The van der Waals surface area contributed by atoms with Crippen LogP contribution in [0.5, 0.6) is 0 Å². The second-order valence-electron chi connectivity index (χ2n) is 3.89. The molecule has 0 aliphatic rings. The Balaban J connectivity index is 1.90. The Labute approximate surface area is 115 Å². The van der Waals surface area contributed by atoms with Gasteiger partial charge in [0.1, 0.15) is 6.61 Å². The fourth-order valence-electron chi connectivity index (χ4n) is 1.56. The topological polar surface area (TPSA) is 26.3 Å². The molecular weight excluding hydrogens is 268 g/mol. The summed E-state index contributed by atoms with van der Waals surface area (Å²) in [5.41, 5.74) is 1.06. The van der Waals surface area contributed by atoms with E-state index >= 15 is 0 Å². The van der Waals surface area contributed by atoms with E-state index in [4.69, 9.17) is 16.3 Å². The maximum Gasteiger partial charge on any atom is 0.198 e. The number of benzene rings is 1. The normalized spacial score (nSPS) is 12.3. The third-order valence-corrected chi connectivity index (χ3v) is 3.85. The molecule has 1 unspecified atom stereocenters. The average Bonchev–Trinajstić information content (AvgIpc) is 2.83. The van der Waals surface area contributed by atoms with Gasteiger partial charge in [0.2, 0.25) is 0 Å². The van der Waals surface area contributed by atoms with E-state index in [0.717, 1.165) is 5.56 Å². The number of Topliss-reactive ketones (excluding diaryl/α,β-unsaturated/α-hetero) is 1. The molecule has 1 heterocycles. The number of halogens is 1. The standard InChI is InChI=1S/C14H13ClO2S/c1-10(11-5-3-2-4-6-11)17-9-12(16)13-7-8-14(15)18-13/h2-8,10H,9H2,1H3. The van der Waals surface area contributed by atoms with E-state index < -0.39 is 0 Å². The van der Waals surface area contributed by atoms with Gasteiger partial charge in [0.25, 0.3) is 0 Å². The first-order valence-corrected chi connectivity index (χ1v) is 6.81. The predicted molar refractivity (Wildman–Crippen MR) is 74.5 cm³/mol. The highest BCUT2D eigenvalue weighted by Gasteiger charge is 2.12. The van der Waals surface area contributed by atoms with Crippen LogP contribution in [0.2, 0.25) is 4.34 Å². The van der Waals surface area contributed by atoms with Gasteiger partial charge in [-0.05, 0) is 24.6 Å². The zero-order valence-corrected chi connectivity index (χ0v) is 11.5. The lowest BCUT2D eigenvalue weighted by Gasteiger charge is -2.12. The molecule has 1 atom stereocenters. The summed E-state index contributed by atoms with van der Waals surface area (Å²) < 4.78 is 6.19. The van der Waals surface area contributed by atoms with Gasteiger partial charge >= 0.3 is 0 Å². The minimum Gasteiger partial charge on any atom is -0.366 e. The van der Waals surface area contributed by atoms with Gasteiger partial charge in [-0.25, -0.2) is 0 Å². The molecule has 0 N–H and O–H groups in total. The van der Waals surface area contributed by atoms with Crippen LogP contribution >= 0.6 is 22.9 Å². The van der Waals surface area contributed by atoms with Crippen LogP contribution in [-0.4, -0.2) is 12.4 Å². The van der Waals surface area contributed by atoms with Crippen LogP contribution < -0.4 is 0 Å². The monoisotopic (exact) mass is 280 g/mol. The lowest BCUT2D eigenvalue weighted by Crippen LogP contribution is -2.10. The summed E-state index contributed by atoms with van der Waals surface area (Å²) in [4.78, 5) is 12.5. The fourth-order valence-corrected chi connectivity index (χ4v) is 2.52. The van der Waals surface area contributed by atoms with Crippen molar-refractivity contribution in [3.05, 3.63) is 57.2 Å². The molecule has 0 radical (unpaired) electrons. The van der Waals surface area contributed by atoms with Crippen molar-refractivity contribution in [2.75, 3.05) is 6.61 Å². The highest BCUT2D eigenvalue weighted by atomic mass is 35.5. The summed E-state index contributed by atoms with van der Waals surface area (Å²) in [6.45, 7) is 2.01. The number of thiophene rings is 1. The van der Waals surface area contributed by atoms with Gasteiger partial charge in [-0.15, -0.1) is 11.3 Å². The maximum atomic E-state index is 11.8. The van der Waals surface area contributed by atoms with E-state index in [9.17, 15) is 4.79 Å². The van der Waals surface area contributed by atoms with E-state index in [-0.39, 0.29) is 18.5 Å². The molecule has 0 spiro atoms. The first-order valence-electron chi connectivity index (χ1n) is 5.62. The average molecular weight is 281 g/mol. The van der Waals surface area contributed by atoms with Gasteiger partial charge in [0.15, 0.2) is 5.78 Å². The molecule has 2 nitrogen and oxygen atoms in total. The smallest absolute Gasteiger partial charge is 0.198 e. The van der Waals surface area contributed by atoms with Gasteiger partial charge in [-0.1, -0.05) is 41.9 Å². The van der Waals surface area contributed by atoms with Crippen molar-refractivity contribution in [3.63, 3.8) is 0 Å². The van der Waals surface area contributed by atoms with Crippen LogP contribution in [0.25, 0.3) is 0 Å². The Bertz CT molecular complexity index is 522. The molecule has 0 amide bonds. The summed E-state index contributed by atoms with van der Waals surface area (Å²) >= 11 is 7.07. The van der Waals surface area contributed by atoms with Crippen molar-refractivity contribution < 1.29 is 9.53 Å². The van der Waals surface area contributed by atoms with E-state index in [0.29, 0.717) is 9.21 Å². The SMILES string of the molecule is CC(OCC(=O)c1ccc(Cl)s1)c1ccccc1. The first kappa shape index (κ1) is 13.3. The van der Waals surface area contributed by atoms with Gasteiger partial charge < -0.3 is 4.74 Å². The number of ketones is 1. The van der Waals surface area contributed by atoms with E-state index in [2.05, 4.69) is 0 Å². The van der Waals surface area contributed by atoms with Crippen molar-refractivity contribution in [1.82, 2.24) is 0 Å². The van der Waals surface area contributed by atoms with Gasteiger partial charge in [0, 0.05) is 0 Å². The lowest BCUT2D eigenvalue weighted by atomic mass is 10.1. The molecule has 0 fully saturated rings. The Morgan fingerprint density at radius 2 is 2.00 bits per heavy atom. The number of carbonyl (C=O) groups is 1. The fraction of sp³-hybridized carbons (Fsp3) is 0.214. The number of rotatable bonds is 5. The number of ether oxygens (including phenoxy) is 1. The molecule has 0 aliphatic heterocycles. The van der Waals surface area contributed by atoms with Crippen LogP contribution in [0.15, 0.2) is 42.5 Å². The summed E-state index contributed by atoms with van der Waals surface area (Å²) in [5, 5.41) is 0. The highest BCUT2D eigenvalue weighted by Crippen LogP contribution is 2.23. The molecule has 2 aromatic rings. The Morgan fingerprint density at radius 3 is 2.61 bits per heavy atom. The van der Waals surface area contributed by atoms with Gasteiger partial charge in [-0.3, -0.25) is 4.79 Å². The maximum absolute atomic E-state index is 11.8. The number of carbonyl (C=O) groups excluding carboxylic acids is 1. The third kappa shape index (κ3) is 3.42. The Morgan fingerprint density at radius 1 is 1.28 bits per heavy atom. The van der Waals surface area contributed by atoms with Crippen LogP contribution in [0.1, 0.15) is 28.3 Å². The summed E-state index contributed by atoms with van der Waals surface area (Å²) in [6, 6.07) is 13.3. The quantitative estimate of drug-likeness (QED) is 0.761. The van der Waals surface area contributed by atoms with Crippen LogP contribution in [0.4, 0.5) is 0 Å². The van der Waals surface area contributed by atoms with Crippen LogP contribution in [0, 0.1) is 0 Å². The Hall–Kier alpha value is -1.16.